The minimum Gasteiger partial charge on any atom is -0.350 e. The second kappa shape index (κ2) is 5.87. The van der Waals surface area contributed by atoms with E-state index in [1.165, 1.54) is 12.8 Å². The number of aryl methyl sites for hydroxylation is 1. The fourth-order valence-electron chi connectivity index (χ4n) is 3.38. The van der Waals surface area contributed by atoms with Crippen molar-refractivity contribution in [2.45, 2.75) is 45.1 Å². The van der Waals surface area contributed by atoms with Gasteiger partial charge in [0.15, 0.2) is 0 Å². The van der Waals surface area contributed by atoms with Gasteiger partial charge in [-0.05, 0) is 25.8 Å². The molecule has 0 unspecified atom stereocenters. The second-order valence-electron chi connectivity index (χ2n) is 6.20. The molecule has 1 aliphatic heterocycles. The normalized spacial score (nSPS) is 23.0. The van der Waals surface area contributed by atoms with Crippen molar-refractivity contribution in [2.24, 2.45) is 5.92 Å². The SMILES string of the molecule is Cc1cc(C(=O)NC[C@H]2CC(=O)N(C3CCCC3)C2)n[nH]1. The molecule has 1 aromatic heterocycles. The quantitative estimate of drug-likeness (QED) is 0.875. The third kappa shape index (κ3) is 3.09. The molecule has 2 amide bonds. The monoisotopic (exact) mass is 290 g/mol. The van der Waals surface area contributed by atoms with Crippen LogP contribution in [0, 0.1) is 12.8 Å². The highest BCUT2D eigenvalue weighted by molar-refractivity contribution is 5.92. The lowest BCUT2D eigenvalue weighted by molar-refractivity contribution is -0.129. The van der Waals surface area contributed by atoms with Crippen molar-refractivity contribution in [2.75, 3.05) is 13.1 Å². The molecule has 2 fully saturated rings. The topological polar surface area (TPSA) is 78.1 Å². The summed E-state index contributed by atoms with van der Waals surface area (Å²) < 4.78 is 0. The van der Waals surface area contributed by atoms with E-state index in [-0.39, 0.29) is 17.7 Å². The molecule has 2 N–H and O–H groups in total. The first-order valence-corrected chi connectivity index (χ1v) is 7.73. The van der Waals surface area contributed by atoms with E-state index in [1.807, 2.05) is 11.8 Å². The van der Waals surface area contributed by atoms with Crippen LogP contribution in [0.25, 0.3) is 0 Å². The summed E-state index contributed by atoms with van der Waals surface area (Å²) in [6.07, 6.45) is 5.29. The number of carbonyl (C=O) groups is 2. The fourth-order valence-corrected chi connectivity index (χ4v) is 3.38. The van der Waals surface area contributed by atoms with E-state index in [4.69, 9.17) is 0 Å². The summed E-state index contributed by atoms with van der Waals surface area (Å²) in [4.78, 5) is 26.1. The van der Waals surface area contributed by atoms with Gasteiger partial charge >= 0.3 is 0 Å². The van der Waals surface area contributed by atoms with Gasteiger partial charge in [0.2, 0.25) is 5.91 Å². The molecule has 1 atom stereocenters. The van der Waals surface area contributed by atoms with Gasteiger partial charge < -0.3 is 10.2 Å². The third-order valence-electron chi connectivity index (χ3n) is 4.49. The maximum Gasteiger partial charge on any atom is 0.271 e. The lowest BCUT2D eigenvalue weighted by Gasteiger charge is -2.24. The molecule has 21 heavy (non-hydrogen) atoms. The molecular weight excluding hydrogens is 268 g/mol. The molecule has 2 aliphatic rings. The molecular formula is C15H22N4O2. The zero-order valence-corrected chi connectivity index (χ0v) is 12.4. The highest BCUT2D eigenvalue weighted by atomic mass is 16.2. The van der Waals surface area contributed by atoms with Crippen molar-refractivity contribution in [3.8, 4) is 0 Å². The van der Waals surface area contributed by atoms with E-state index in [0.717, 1.165) is 25.1 Å². The number of nitrogens with one attached hydrogen (secondary N) is 2. The molecule has 1 saturated heterocycles. The van der Waals surface area contributed by atoms with Crippen LogP contribution >= 0.6 is 0 Å². The first-order chi connectivity index (χ1) is 10.1. The standard InChI is InChI=1S/C15H22N4O2/c1-10-6-13(18-17-10)15(21)16-8-11-7-14(20)19(9-11)12-4-2-3-5-12/h6,11-12H,2-5,7-9H2,1H3,(H,16,21)(H,17,18)/t11-/m1/s1. The van der Waals surface area contributed by atoms with Crippen LogP contribution in [0.3, 0.4) is 0 Å². The fraction of sp³-hybridized carbons (Fsp3) is 0.667. The largest absolute Gasteiger partial charge is 0.350 e. The highest BCUT2D eigenvalue weighted by Crippen LogP contribution is 2.29. The molecule has 6 nitrogen and oxygen atoms in total. The molecule has 114 valence electrons. The van der Waals surface area contributed by atoms with Crippen LogP contribution in [0.2, 0.25) is 0 Å². The number of hydrogen-bond donors (Lipinski definition) is 2. The van der Waals surface area contributed by atoms with Crippen molar-refractivity contribution >= 4 is 11.8 Å². The highest BCUT2D eigenvalue weighted by Gasteiger charge is 2.35. The van der Waals surface area contributed by atoms with E-state index < -0.39 is 0 Å². The van der Waals surface area contributed by atoms with Gasteiger partial charge in [0.25, 0.3) is 5.91 Å². The van der Waals surface area contributed by atoms with Crippen LogP contribution in [0.1, 0.15) is 48.3 Å². The number of carbonyl (C=O) groups excluding carboxylic acids is 2. The summed E-state index contributed by atoms with van der Waals surface area (Å²) in [6, 6.07) is 2.16. The van der Waals surface area contributed by atoms with Crippen LogP contribution in [0.5, 0.6) is 0 Å². The number of rotatable bonds is 4. The lowest BCUT2D eigenvalue weighted by Crippen LogP contribution is -2.36. The Morgan fingerprint density at radius 3 is 2.90 bits per heavy atom. The molecule has 0 radical (unpaired) electrons. The van der Waals surface area contributed by atoms with E-state index >= 15 is 0 Å². The van der Waals surface area contributed by atoms with Crippen LogP contribution < -0.4 is 5.32 Å². The van der Waals surface area contributed by atoms with Crippen LogP contribution in [-0.4, -0.2) is 46.0 Å². The number of hydrogen-bond acceptors (Lipinski definition) is 3. The Bertz CT molecular complexity index is 534. The number of nitrogens with zero attached hydrogens (tertiary/aromatic N) is 2. The molecule has 6 heteroatoms. The molecule has 1 aromatic rings. The second-order valence-corrected chi connectivity index (χ2v) is 6.20. The molecule has 0 bridgehead atoms. The molecule has 1 aliphatic carbocycles. The van der Waals surface area contributed by atoms with Gasteiger partial charge in [-0.1, -0.05) is 12.8 Å². The number of amides is 2. The Kier molecular flexibility index (Phi) is 3.94. The minimum absolute atomic E-state index is 0.175. The number of aromatic amines is 1. The Labute approximate surface area is 124 Å². The maximum absolute atomic E-state index is 12.1. The summed E-state index contributed by atoms with van der Waals surface area (Å²) in [5.74, 6) is 0.296. The Hall–Kier alpha value is -1.85. The summed E-state index contributed by atoms with van der Waals surface area (Å²) in [7, 11) is 0. The van der Waals surface area contributed by atoms with Crippen molar-refractivity contribution in [1.29, 1.82) is 0 Å². The zero-order valence-electron chi connectivity index (χ0n) is 12.4. The van der Waals surface area contributed by atoms with Gasteiger partial charge in [-0.25, -0.2) is 0 Å². The minimum atomic E-state index is -0.175. The molecule has 3 rings (SSSR count). The maximum atomic E-state index is 12.1. The first kappa shape index (κ1) is 14.1. The van der Waals surface area contributed by atoms with Crippen LogP contribution in [0.15, 0.2) is 6.07 Å². The Morgan fingerprint density at radius 2 is 2.24 bits per heavy atom. The third-order valence-corrected chi connectivity index (χ3v) is 4.49. The predicted octanol–water partition coefficient (Wildman–Crippen LogP) is 1.24. The van der Waals surface area contributed by atoms with Crippen molar-refractivity contribution < 1.29 is 9.59 Å². The van der Waals surface area contributed by atoms with Crippen molar-refractivity contribution in [1.82, 2.24) is 20.4 Å². The van der Waals surface area contributed by atoms with E-state index in [2.05, 4.69) is 15.5 Å². The summed E-state index contributed by atoms with van der Waals surface area (Å²) in [5.41, 5.74) is 1.27. The smallest absolute Gasteiger partial charge is 0.271 e. The number of aromatic nitrogens is 2. The molecule has 0 aromatic carbocycles. The van der Waals surface area contributed by atoms with Gasteiger partial charge in [-0.3, -0.25) is 14.7 Å². The van der Waals surface area contributed by atoms with E-state index in [9.17, 15) is 9.59 Å². The van der Waals surface area contributed by atoms with Crippen LogP contribution in [-0.2, 0) is 4.79 Å². The summed E-state index contributed by atoms with van der Waals surface area (Å²) >= 11 is 0. The number of likely N-dealkylation sites (tertiary alicyclic amines) is 1. The molecule has 2 heterocycles. The van der Waals surface area contributed by atoms with Gasteiger partial charge in [-0.15, -0.1) is 0 Å². The van der Waals surface area contributed by atoms with Crippen molar-refractivity contribution in [3.63, 3.8) is 0 Å². The Balaban J connectivity index is 1.50. The number of H-pyrrole nitrogens is 1. The average Bonchev–Trinajstić information content (AvgIpc) is 3.16. The average molecular weight is 290 g/mol. The first-order valence-electron chi connectivity index (χ1n) is 7.73. The van der Waals surface area contributed by atoms with Gasteiger partial charge in [-0.2, -0.15) is 5.10 Å². The van der Waals surface area contributed by atoms with Crippen LogP contribution in [0.4, 0.5) is 0 Å². The zero-order chi connectivity index (χ0) is 14.8. The van der Waals surface area contributed by atoms with Gasteiger partial charge in [0, 0.05) is 37.2 Å². The summed E-state index contributed by atoms with van der Waals surface area (Å²) in [6.45, 7) is 3.18. The van der Waals surface area contributed by atoms with Gasteiger partial charge in [0.05, 0.1) is 0 Å². The molecule has 0 spiro atoms. The molecule has 1 saturated carbocycles. The lowest BCUT2D eigenvalue weighted by atomic mass is 10.1. The predicted molar refractivity (Wildman–Crippen MR) is 77.7 cm³/mol. The Morgan fingerprint density at radius 1 is 1.48 bits per heavy atom. The summed E-state index contributed by atoms with van der Waals surface area (Å²) in [5, 5.41) is 9.58. The van der Waals surface area contributed by atoms with Gasteiger partial charge in [0.1, 0.15) is 5.69 Å². The van der Waals surface area contributed by atoms with Crippen molar-refractivity contribution in [3.05, 3.63) is 17.5 Å². The van der Waals surface area contributed by atoms with E-state index in [0.29, 0.717) is 24.7 Å². The van der Waals surface area contributed by atoms with E-state index in [1.54, 1.807) is 6.07 Å².